The summed E-state index contributed by atoms with van der Waals surface area (Å²) in [7, 11) is 0. The predicted molar refractivity (Wildman–Crippen MR) is 175 cm³/mol. The summed E-state index contributed by atoms with van der Waals surface area (Å²) in [4.78, 5) is 0. The van der Waals surface area contributed by atoms with Crippen molar-refractivity contribution in [3.8, 4) is 0 Å². The van der Waals surface area contributed by atoms with Gasteiger partial charge in [-0.05, 0) is 123 Å². The Labute approximate surface area is 248 Å². The Balaban J connectivity index is 1.80. The van der Waals surface area contributed by atoms with Crippen LogP contribution >= 0.6 is 0 Å². The van der Waals surface area contributed by atoms with Gasteiger partial charge in [0.15, 0.2) is 0 Å². The summed E-state index contributed by atoms with van der Waals surface area (Å²) in [6, 6.07) is 0.386. The van der Waals surface area contributed by atoms with Crippen molar-refractivity contribution in [3.05, 3.63) is 48.1 Å². The van der Waals surface area contributed by atoms with Gasteiger partial charge in [0, 0.05) is 18.2 Å². The van der Waals surface area contributed by atoms with Crippen molar-refractivity contribution in [2.75, 3.05) is 0 Å². The molecule has 4 aliphatic carbocycles. The highest BCUT2D eigenvalue weighted by Crippen LogP contribution is 2.71. The first-order valence-corrected chi connectivity index (χ1v) is 16.5. The zero-order valence-electron chi connectivity index (χ0n) is 27.8. The van der Waals surface area contributed by atoms with Crippen molar-refractivity contribution in [2.24, 2.45) is 55.8 Å². The van der Waals surface area contributed by atoms with Gasteiger partial charge in [0.25, 0.3) is 0 Å². The van der Waals surface area contributed by atoms with E-state index in [0.29, 0.717) is 34.6 Å². The van der Waals surface area contributed by atoms with Gasteiger partial charge >= 0.3 is 0 Å². The van der Waals surface area contributed by atoms with Gasteiger partial charge in [-0.2, -0.15) is 5.10 Å². The first kappa shape index (κ1) is 31.4. The van der Waals surface area contributed by atoms with Crippen LogP contribution in [0.5, 0.6) is 0 Å². The van der Waals surface area contributed by atoms with Gasteiger partial charge < -0.3 is 5.43 Å². The van der Waals surface area contributed by atoms with Gasteiger partial charge in [0.2, 0.25) is 0 Å². The summed E-state index contributed by atoms with van der Waals surface area (Å²) < 4.78 is 0. The van der Waals surface area contributed by atoms with Crippen molar-refractivity contribution < 1.29 is 0 Å². The van der Waals surface area contributed by atoms with E-state index in [1.165, 1.54) is 68.9 Å². The molecule has 0 aliphatic heterocycles. The zero-order chi connectivity index (χ0) is 29.7. The molecule has 0 aromatic rings. The molecule has 3 fully saturated rings. The van der Waals surface area contributed by atoms with Gasteiger partial charge in [-0.3, -0.25) is 0 Å². The lowest BCUT2D eigenvalue weighted by Gasteiger charge is -2.66. The molecule has 0 heterocycles. The second-order valence-corrected chi connectivity index (χ2v) is 16.5. The number of hydrogen-bond donors (Lipinski definition) is 1. The van der Waals surface area contributed by atoms with Crippen LogP contribution in [0.15, 0.2) is 53.2 Å². The highest BCUT2D eigenvalue weighted by molar-refractivity contribution is 5.44. The molecule has 2 nitrogen and oxygen atoms in total. The molecular weight excluding hydrogens is 484 g/mol. The van der Waals surface area contributed by atoms with Crippen LogP contribution < -0.4 is 5.43 Å². The molecule has 8 atom stereocenters. The molecule has 40 heavy (non-hydrogen) atoms. The van der Waals surface area contributed by atoms with Crippen LogP contribution in [-0.4, -0.2) is 12.8 Å². The third kappa shape index (κ3) is 5.24. The minimum atomic E-state index is 0.0256. The number of fused-ring (bicyclic) bond motifs is 5. The van der Waals surface area contributed by atoms with Crippen LogP contribution in [0.3, 0.4) is 0 Å². The smallest absolute Gasteiger partial charge is 0.0411 e. The normalized spacial score (nSPS) is 40.2. The third-order valence-electron chi connectivity index (χ3n) is 13.0. The molecule has 2 heteroatoms. The molecule has 0 saturated heterocycles. The number of nitrogens with one attached hydrogen (secondary N) is 1. The Morgan fingerprint density at radius 3 is 2.45 bits per heavy atom. The summed E-state index contributed by atoms with van der Waals surface area (Å²) in [5.41, 5.74) is 9.04. The molecular formula is C38H62N2. The molecule has 4 rings (SSSR count). The van der Waals surface area contributed by atoms with Gasteiger partial charge in [-0.25, -0.2) is 0 Å². The minimum absolute atomic E-state index is 0.0256. The number of rotatable bonds is 9. The fourth-order valence-corrected chi connectivity index (χ4v) is 10.5. The fourth-order valence-electron chi connectivity index (χ4n) is 10.5. The lowest BCUT2D eigenvalue weighted by molar-refractivity contribution is -0.0989. The minimum Gasteiger partial charge on any atom is -0.308 e. The fraction of sp³-hybridized carbons (Fsp3) is 0.763. The lowest BCUT2D eigenvalue weighted by Crippen LogP contribution is -2.57. The van der Waals surface area contributed by atoms with E-state index in [1.807, 2.05) is 0 Å². The Morgan fingerprint density at radius 2 is 1.82 bits per heavy atom. The van der Waals surface area contributed by atoms with E-state index in [1.54, 1.807) is 5.57 Å². The summed E-state index contributed by atoms with van der Waals surface area (Å²) in [5, 5.41) is 3.99. The second kappa shape index (κ2) is 10.9. The quantitative estimate of drug-likeness (QED) is 0.174. The maximum absolute atomic E-state index is 4.93. The largest absolute Gasteiger partial charge is 0.308 e. The molecule has 3 saturated carbocycles. The van der Waals surface area contributed by atoms with E-state index in [4.69, 9.17) is 6.58 Å². The van der Waals surface area contributed by atoms with E-state index in [-0.39, 0.29) is 16.2 Å². The Morgan fingerprint density at radius 1 is 1.12 bits per heavy atom. The van der Waals surface area contributed by atoms with Crippen molar-refractivity contribution in [3.63, 3.8) is 0 Å². The van der Waals surface area contributed by atoms with Crippen LogP contribution in [0.2, 0.25) is 0 Å². The molecule has 0 aromatic carbocycles. The van der Waals surface area contributed by atoms with Crippen LogP contribution in [0.1, 0.15) is 127 Å². The monoisotopic (exact) mass is 546 g/mol. The van der Waals surface area contributed by atoms with Gasteiger partial charge in [-0.15, -0.1) is 6.58 Å². The van der Waals surface area contributed by atoms with E-state index >= 15 is 0 Å². The van der Waals surface area contributed by atoms with E-state index in [2.05, 4.69) is 104 Å². The lowest BCUT2D eigenvalue weighted by atomic mass is 9.38. The summed E-state index contributed by atoms with van der Waals surface area (Å²) in [5.74, 6) is 2.57. The molecule has 8 unspecified atom stereocenters. The van der Waals surface area contributed by atoms with E-state index < -0.39 is 0 Å². The number of allylic oxidation sites excluding steroid dienone is 6. The maximum Gasteiger partial charge on any atom is 0.0411 e. The number of hydrazone groups is 1. The third-order valence-corrected chi connectivity index (χ3v) is 13.0. The predicted octanol–water partition coefficient (Wildman–Crippen LogP) is 10.7. The van der Waals surface area contributed by atoms with Crippen molar-refractivity contribution in [1.29, 1.82) is 0 Å². The molecule has 1 N–H and O–H groups in total. The first-order valence-electron chi connectivity index (χ1n) is 16.5. The van der Waals surface area contributed by atoms with Gasteiger partial charge in [0.1, 0.15) is 0 Å². The number of nitrogens with zero attached hydrogens (tertiary/aromatic N) is 1. The molecule has 0 bridgehead atoms. The molecule has 0 amide bonds. The average molecular weight is 547 g/mol. The van der Waals surface area contributed by atoms with Crippen molar-refractivity contribution >= 4 is 6.72 Å². The van der Waals surface area contributed by atoms with Gasteiger partial charge in [0.05, 0.1) is 0 Å². The Hall–Kier alpha value is -1.57. The second-order valence-electron chi connectivity index (χ2n) is 16.5. The zero-order valence-corrected chi connectivity index (χ0v) is 27.8. The van der Waals surface area contributed by atoms with Crippen LogP contribution in [-0.2, 0) is 0 Å². The van der Waals surface area contributed by atoms with E-state index in [0.717, 1.165) is 12.3 Å². The first-order chi connectivity index (χ1) is 18.6. The van der Waals surface area contributed by atoms with Crippen LogP contribution in [0, 0.1) is 50.7 Å². The summed E-state index contributed by atoms with van der Waals surface area (Å²) in [6.07, 6.45) is 20.5. The number of hydrogen-bond acceptors (Lipinski definition) is 2. The highest BCUT2D eigenvalue weighted by atomic mass is 15.3. The maximum atomic E-state index is 4.93. The van der Waals surface area contributed by atoms with Gasteiger partial charge in [-0.1, -0.05) is 90.0 Å². The van der Waals surface area contributed by atoms with Crippen LogP contribution in [0.4, 0.5) is 0 Å². The Bertz CT molecular complexity index is 1060. The topological polar surface area (TPSA) is 24.4 Å². The molecule has 224 valence electrons. The average Bonchev–Trinajstić information content (AvgIpc) is 2.88. The van der Waals surface area contributed by atoms with E-state index in [9.17, 15) is 0 Å². The van der Waals surface area contributed by atoms with Crippen molar-refractivity contribution in [2.45, 2.75) is 133 Å². The Kier molecular flexibility index (Phi) is 8.57. The van der Waals surface area contributed by atoms with Crippen LogP contribution in [0.25, 0.3) is 0 Å². The molecule has 4 aliphatic rings. The highest BCUT2D eigenvalue weighted by Gasteiger charge is 2.62. The standard InChI is InChI=1S/C38H62N2/c1-13-26(3)24-37(11)31(35(8,9)14-2)17-18-36(10)29-16-20-38(19-15-28(5)40-39-12)22-21-34(6,7)25-30(38)33(29)27(4)23-32(36)37/h14,23-24,28-31,33,40H,2,4,12-13,15-22,25H2,1,3,5-11H3/b26-24+. The summed E-state index contributed by atoms with van der Waals surface area (Å²) in [6.45, 7) is 35.0. The molecule has 0 radical (unpaired) electrons. The van der Waals surface area contributed by atoms with Crippen molar-refractivity contribution in [1.82, 2.24) is 5.43 Å². The SMILES string of the molecule is C=CC(C)(C)C1CCC2(C)C(=CC(=C)C3C4CC(C)(C)CCC4(CCC(C)NN=C)CCC32)C1(C)/C=C(\C)CC. The molecule has 0 aromatic heterocycles. The molecule has 0 spiro atoms. The summed E-state index contributed by atoms with van der Waals surface area (Å²) >= 11 is 0.